The van der Waals surface area contributed by atoms with E-state index < -0.39 is 5.82 Å². The maximum atomic E-state index is 13.8. The Labute approximate surface area is 110 Å². The van der Waals surface area contributed by atoms with Crippen LogP contribution in [0.15, 0.2) is 18.2 Å². The van der Waals surface area contributed by atoms with Gasteiger partial charge in [0, 0.05) is 18.5 Å². The standard InChI is InChI=1S/C13H15ClFNO2/c1-18-11-4-2-3-10(15)12(11)13(17)16(8-7-14)9-5-6-9/h2-4,9H,5-8H2,1H3. The molecule has 2 rings (SSSR count). The zero-order chi connectivity index (χ0) is 13.1. The Hall–Kier alpha value is -1.29. The zero-order valence-corrected chi connectivity index (χ0v) is 10.9. The van der Waals surface area contributed by atoms with Crippen LogP contribution in [0, 0.1) is 5.82 Å². The fraction of sp³-hybridized carbons (Fsp3) is 0.462. The molecule has 0 unspecified atom stereocenters. The summed E-state index contributed by atoms with van der Waals surface area (Å²) in [5.74, 6) is -0.285. The number of hydrogen-bond acceptors (Lipinski definition) is 2. The van der Waals surface area contributed by atoms with Crippen molar-refractivity contribution in [3.05, 3.63) is 29.6 Å². The number of carbonyl (C=O) groups is 1. The van der Waals surface area contributed by atoms with Gasteiger partial charge in [0.25, 0.3) is 5.91 Å². The van der Waals surface area contributed by atoms with Gasteiger partial charge < -0.3 is 9.64 Å². The van der Waals surface area contributed by atoms with Gasteiger partial charge in [0.2, 0.25) is 0 Å². The third kappa shape index (κ3) is 2.58. The van der Waals surface area contributed by atoms with Crippen molar-refractivity contribution >= 4 is 17.5 Å². The summed E-state index contributed by atoms with van der Waals surface area (Å²) in [4.78, 5) is 14.0. The molecule has 1 aromatic rings. The molecular weight excluding hydrogens is 257 g/mol. The number of halogens is 2. The van der Waals surface area contributed by atoms with Gasteiger partial charge in [-0.05, 0) is 25.0 Å². The minimum Gasteiger partial charge on any atom is -0.496 e. The van der Waals surface area contributed by atoms with Crippen molar-refractivity contribution in [3.63, 3.8) is 0 Å². The Morgan fingerprint density at radius 3 is 2.83 bits per heavy atom. The summed E-state index contributed by atoms with van der Waals surface area (Å²) in [5.41, 5.74) is -0.00276. The van der Waals surface area contributed by atoms with Crippen LogP contribution in [0.5, 0.6) is 5.75 Å². The lowest BCUT2D eigenvalue weighted by Gasteiger charge is -2.22. The number of nitrogens with zero attached hydrogens (tertiary/aromatic N) is 1. The van der Waals surface area contributed by atoms with E-state index in [4.69, 9.17) is 16.3 Å². The first-order valence-electron chi connectivity index (χ1n) is 5.88. The number of ether oxygens (including phenoxy) is 1. The smallest absolute Gasteiger partial charge is 0.260 e. The molecule has 0 heterocycles. The van der Waals surface area contributed by atoms with E-state index >= 15 is 0 Å². The summed E-state index contributed by atoms with van der Waals surface area (Å²) in [6.45, 7) is 0.433. The first kappa shape index (κ1) is 13.1. The van der Waals surface area contributed by atoms with Gasteiger partial charge in [-0.3, -0.25) is 4.79 Å². The van der Waals surface area contributed by atoms with Crippen molar-refractivity contribution in [2.45, 2.75) is 18.9 Å². The van der Waals surface area contributed by atoms with E-state index in [-0.39, 0.29) is 23.3 Å². The summed E-state index contributed by atoms with van der Waals surface area (Å²) < 4.78 is 18.9. The minimum atomic E-state index is -0.556. The molecule has 1 aliphatic carbocycles. The molecule has 5 heteroatoms. The van der Waals surface area contributed by atoms with Gasteiger partial charge in [-0.2, -0.15) is 0 Å². The Morgan fingerprint density at radius 2 is 2.28 bits per heavy atom. The molecule has 0 bridgehead atoms. The second-order valence-electron chi connectivity index (χ2n) is 4.24. The highest BCUT2D eigenvalue weighted by Crippen LogP contribution is 2.31. The predicted molar refractivity (Wildman–Crippen MR) is 67.7 cm³/mol. The fourth-order valence-corrected chi connectivity index (χ4v) is 2.13. The van der Waals surface area contributed by atoms with Crippen molar-refractivity contribution in [3.8, 4) is 5.75 Å². The predicted octanol–water partition coefficient (Wildman–Crippen LogP) is 2.68. The van der Waals surface area contributed by atoms with Gasteiger partial charge >= 0.3 is 0 Å². The second-order valence-corrected chi connectivity index (χ2v) is 4.61. The molecule has 0 aliphatic heterocycles. The largest absolute Gasteiger partial charge is 0.496 e. The lowest BCUT2D eigenvalue weighted by Crippen LogP contribution is -2.35. The van der Waals surface area contributed by atoms with Crippen LogP contribution in [0.2, 0.25) is 0 Å². The number of alkyl halides is 1. The SMILES string of the molecule is COc1cccc(F)c1C(=O)N(CCCl)C1CC1. The average molecular weight is 272 g/mol. The Bertz CT molecular complexity index is 449. The first-order valence-corrected chi connectivity index (χ1v) is 6.42. The molecular formula is C13H15ClFNO2. The van der Waals surface area contributed by atoms with Crippen LogP contribution in [0.25, 0.3) is 0 Å². The van der Waals surface area contributed by atoms with Crippen molar-refractivity contribution in [1.82, 2.24) is 4.90 Å². The van der Waals surface area contributed by atoms with Crippen LogP contribution in [-0.2, 0) is 0 Å². The van der Waals surface area contributed by atoms with E-state index in [0.29, 0.717) is 12.4 Å². The number of amides is 1. The molecule has 1 fully saturated rings. The van der Waals surface area contributed by atoms with Gasteiger partial charge in [-0.25, -0.2) is 4.39 Å². The molecule has 98 valence electrons. The van der Waals surface area contributed by atoms with Crippen LogP contribution < -0.4 is 4.74 Å². The van der Waals surface area contributed by atoms with Gasteiger partial charge in [0.1, 0.15) is 17.1 Å². The fourth-order valence-electron chi connectivity index (χ4n) is 1.95. The molecule has 3 nitrogen and oxygen atoms in total. The molecule has 0 saturated heterocycles. The summed E-state index contributed by atoms with van der Waals surface area (Å²) in [6, 6.07) is 4.57. The van der Waals surface area contributed by atoms with Crippen LogP contribution in [-0.4, -0.2) is 36.4 Å². The molecule has 1 saturated carbocycles. The summed E-state index contributed by atoms with van der Waals surface area (Å²) in [6.07, 6.45) is 1.92. The molecule has 1 aromatic carbocycles. The second kappa shape index (κ2) is 5.57. The molecule has 0 radical (unpaired) electrons. The molecule has 0 aromatic heterocycles. The molecule has 1 amide bonds. The Balaban J connectivity index is 2.31. The van der Waals surface area contributed by atoms with Gasteiger partial charge in [0.05, 0.1) is 7.11 Å². The minimum absolute atomic E-state index is 0.00276. The van der Waals surface area contributed by atoms with E-state index in [0.717, 1.165) is 12.8 Å². The normalized spacial score (nSPS) is 14.4. The summed E-state index contributed by atoms with van der Waals surface area (Å²) >= 11 is 5.69. The third-order valence-electron chi connectivity index (χ3n) is 2.98. The number of carbonyl (C=O) groups excluding carboxylic acids is 1. The van der Waals surface area contributed by atoms with Crippen molar-refractivity contribution in [2.75, 3.05) is 19.5 Å². The monoisotopic (exact) mass is 271 g/mol. The molecule has 0 spiro atoms. The lowest BCUT2D eigenvalue weighted by molar-refractivity contribution is 0.0745. The first-order chi connectivity index (χ1) is 8.69. The maximum absolute atomic E-state index is 13.8. The number of rotatable bonds is 5. The van der Waals surface area contributed by atoms with Crippen molar-refractivity contribution in [2.24, 2.45) is 0 Å². The molecule has 1 aliphatic rings. The van der Waals surface area contributed by atoms with E-state index in [1.54, 1.807) is 11.0 Å². The lowest BCUT2D eigenvalue weighted by atomic mass is 10.1. The van der Waals surface area contributed by atoms with E-state index in [1.165, 1.54) is 19.2 Å². The number of benzene rings is 1. The number of methoxy groups -OCH3 is 1. The maximum Gasteiger partial charge on any atom is 0.260 e. The summed E-state index contributed by atoms with van der Waals surface area (Å²) in [7, 11) is 1.43. The average Bonchev–Trinajstić information content (AvgIpc) is 3.19. The Morgan fingerprint density at radius 1 is 1.56 bits per heavy atom. The summed E-state index contributed by atoms with van der Waals surface area (Å²) in [5, 5.41) is 0. The van der Waals surface area contributed by atoms with Crippen molar-refractivity contribution < 1.29 is 13.9 Å². The Kier molecular flexibility index (Phi) is 4.07. The van der Waals surface area contributed by atoms with Crippen LogP contribution in [0.4, 0.5) is 4.39 Å². The molecule has 18 heavy (non-hydrogen) atoms. The van der Waals surface area contributed by atoms with Crippen LogP contribution in [0.1, 0.15) is 23.2 Å². The molecule has 0 N–H and O–H groups in total. The van der Waals surface area contributed by atoms with E-state index in [9.17, 15) is 9.18 Å². The topological polar surface area (TPSA) is 29.5 Å². The van der Waals surface area contributed by atoms with Gasteiger partial charge in [-0.1, -0.05) is 6.07 Å². The highest BCUT2D eigenvalue weighted by atomic mass is 35.5. The van der Waals surface area contributed by atoms with E-state index in [2.05, 4.69) is 0 Å². The van der Waals surface area contributed by atoms with E-state index in [1.807, 2.05) is 0 Å². The quantitative estimate of drug-likeness (QED) is 0.771. The van der Waals surface area contributed by atoms with Crippen molar-refractivity contribution in [1.29, 1.82) is 0 Å². The molecule has 0 atom stereocenters. The third-order valence-corrected chi connectivity index (χ3v) is 3.15. The zero-order valence-electron chi connectivity index (χ0n) is 10.2. The van der Waals surface area contributed by atoms with Crippen LogP contribution >= 0.6 is 11.6 Å². The number of hydrogen-bond donors (Lipinski definition) is 0. The highest BCUT2D eigenvalue weighted by molar-refractivity contribution is 6.18. The highest BCUT2D eigenvalue weighted by Gasteiger charge is 2.34. The van der Waals surface area contributed by atoms with Crippen LogP contribution in [0.3, 0.4) is 0 Å². The van der Waals surface area contributed by atoms with Gasteiger partial charge in [-0.15, -0.1) is 11.6 Å². The van der Waals surface area contributed by atoms with Gasteiger partial charge in [0.15, 0.2) is 0 Å².